The topological polar surface area (TPSA) is 0 Å². The predicted molar refractivity (Wildman–Crippen MR) is 46.0 cm³/mol. The maximum absolute atomic E-state index is 2.43. The van der Waals surface area contributed by atoms with Crippen LogP contribution in [0.3, 0.4) is 0 Å². The summed E-state index contributed by atoms with van der Waals surface area (Å²) in [4.78, 5) is 0. The highest BCUT2D eigenvalue weighted by Crippen LogP contribution is 2.35. The van der Waals surface area contributed by atoms with Crippen molar-refractivity contribution < 1.29 is 0 Å². The summed E-state index contributed by atoms with van der Waals surface area (Å²) >= 11 is 0. The minimum absolute atomic E-state index is 0.985. The first-order chi connectivity index (χ1) is 4.75. The van der Waals surface area contributed by atoms with E-state index in [2.05, 4.69) is 20.8 Å². The van der Waals surface area contributed by atoms with Gasteiger partial charge in [-0.3, -0.25) is 0 Å². The maximum atomic E-state index is 2.43. The summed E-state index contributed by atoms with van der Waals surface area (Å²) in [5.41, 5.74) is 0. The fraction of sp³-hybridized carbons (Fsp3) is 1.00. The van der Waals surface area contributed by atoms with E-state index in [0.717, 1.165) is 17.8 Å². The van der Waals surface area contributed by atoms with Gasteiger partial charge in [0.2, 0.25) is 0 Å². The van der Waals surface area contributed by atoms with Gasteiger partial charge in [-0.15, -0.1) is 0 Å². The van der Waals surface area contributed by atoms with Crippen LogP contribution >= 0.6 is 0 Å². The van der Waals surface area contributed by atoms with Crippen LogP contribution in [0.1, 0.15) is 46.5 Å². The van der Waals surface area contributed by atoms with Gasteiger partial charge in [-0.05, 0) is 17.8 Å². The summed E-state index contributed by atoms with van der Waals surface area (Å²) in [5.74, 6) is 3.00. The molecule has 0 bridgehead atoms. The van der Waals surface area contributed by atoms with Crippen molar-refractivity contribution in [2.75, 3.05) is 0 Å². The molecule has 0 radical (unpaired) electrons. The van der Waals surface area contributed by atoms with Crippen LogP contribution in [0, 0.1) is 17.8 Å². The van der Waals surface area contributed by atoms with Gasteiger partial charge in [0.1, 0.15) is 0 Å². The van der Waals surface area contributed by atoms with Gasteiger partial charge in [-0.25, -0.2) is 0 Å². The largest absolute Gasteiger partial charge is 0.0651 e. The average Bonchev–Trinajstić information content (AvgIpc) is 1.95. The van der Waals surface area contributed by atoms with Gasteiger partial charge in [-0.1, -0.05) is 46.5 Å². The zero-order chi connectivity index (χ0) is 7.56. The monoisotopic (exact) mass is 140 g/mol. The van der Waals surface area contributed by atoms with Crippen LogP contribution in [0.25, 0.3) is 0 Å². The molecule has 0 unspecified atom stereocenters. The Morgan fingerprint density at radius 3 is 2.40 bits per heavy atom. The van der Waals surface area contributed by atoms with E-state index in [9.17, 15) is 0 Å². The Hall–Kier alpha value is 0. The molecular formula is C10H20. The van der Waals surface area contributed by atoms with E-state index in [0.29, 0.717) is 0 Å². The van der Waals surface area contributed by atoms with E-state index in [1.165, 1.54) is 25.7 Å². The van der Waals surface area contributed by atoms with Crippen molar-refractivity contribution >= 4 is 0 Å². The van der Waals surface area contributed by atoms with E-state index in [1.54, 1.807) is 0 Å². The second-order valence-corrected chi connectivity index (χ2v) is 3.94. The second-order valence-electron chi connectivity index (χ2n) is 3.94. The number of hydrogen-bond acceptors (Lipinski definition) is 0. The van der Waals surface area contributed by atoms with Crippen LogP contribution < -0.4 is 0 Å². The van der Waals surface area contributed by atoms with Gasteiger partial charge in [0.05, 0.1) is 0 Å². The summed E-state index contributed by atoms with van der Waals surface area (Å²) in [6, 6.07) is 0. The molecule has 1 rings (SSSR count). The van der Waals surface area contributed by atoms with E-state index < -0.39 is 0 Å². The van der Waals surface area contributed by atoms with E-state index in [1.807, 2.05) is 0 Å². The molecule has 0 aliphatic heterocycles. The molecule has 0 saturated heterocycles. The zero-order valence-electron chi connectivity index (χ0n) is 7.56. The number of rotatable bonds is 1. The van der Waals surface area contributed by atoms with Crippen molar-refractivity contribution in [3.8, 4) is 0 Å². The summed E-state index contributed by atoms with van der Waals surface area (Å²) in [6.45, 7) is 7.17. The first-order valence-electron chi connectivity index (χ1n) is 4.75. The van der Waals surface area contributed by atoms with Gasteiger partial charge >= 0.3 is 0 Å². The lowest BCUT2D eigenvalue weighted by atomic mass is 9.73. The molecule has 60 valence electrons. The lowest BCUT2D eigenvalue weighted by Gasteiger charge is -2.33. The van der Waals surface area contributed by atoms with Crippen molar-refractivity contribution in [2.24, 2.45) is 17.8 Å². The third-order valence-corrected chi connectivity index (χ3v) is 3.40. The molecule has 3 atom stereocenters. The molecule has 0 heteroatoms. The van der Waals surface area contributed by atoms with Crippen molar-refractivity contribution in [1.82, 2.24) is 0 Å². The molecular weight excluding hydrogens is 120 g/mol. The fourth-order valence-corrected chi connectivity index (χ4v) is 2.27. The molecule has 0 heterocycles. The summed E-state index contributed by atoms with van der Waals surface area (Å²) < 4.78 is 0. The van der Waals surface area contributed by atoms with Gasteiger partial charge in [0.15, 0.2) is 0 Å². The minimum Gasteiger partial charge on any atom is -0.0651 e. The van der Waals surface area contributed by atoms with Crippen LogP contribution in [0.2, 0.25) is 0 Å². The van der Waals surface area contributed by atoms with E-state index >= 15 is 0 Å². The summed E-state index contributed by atoms with van der Waals surface area (Å²) in [6.07, 6.45) is 5.83. The number of hydrogen-bond donors (Lipinski definition) is 0. The summed E-state index contributed by atoms with van der Waals surface area (Å²) in [7, 11) is 0. The Balaban J connectivity index is 2.42. The maximum Gasteiger partial charge on any atom is -0.0389 e. The molecule has 0 nitrogen and oxygen atoms in total. The smallest absolute Gasteiger partial charge is 0.0389 e. The lowest BCUT2D eigenvalue weighted by Crippen LogP contribution is -2.23. The first-order valence-corrected chi connectivity index (χ1v) is 4.75. The first kappa shape index (κ1) is 8.10. The molecule has 0 spiro atoms. The van der Waals surface area contributed by atoms with Crippen molar-refractivity contribution in [2.45, 2.75) is 46.5 Å². The highest BCUT2D eigenvalue weighted by molar-refractivity contribution is 4.75. The van der Waals surface area contributed by atoms with Crippen molar-refractivity contribution in [3.05, 3.63) is 0 Å². The second kappa shape index (κ2) is 3.41. The molecule has 1 saturated carbocycles. The Bertz CT molecular complexity index is 96.2. The molecule has 10 heavy (non-hydrogen) atoms. The van der Waals surface area contributed by atoms with E-state index in [4.69, 9.17) is 0 Å². The predicted octanol–water partition coefficient (Wildman–Crippen LogP) is 3.47. The standard InChI is InChI=1S/C10H20/c1-4-10-7-5-6-8(2)9(10)3/h8-10H,4-7H2,1-3H3/t8-,9+,10-/m1/s1. The van der Waals surface area contributed by atoms with Crippen LogP contribution in [-0.2, 0) is 0 Å². The van der Waals surface area contributed by atoms with E-state index in [-0.39, 0.29) is 0 Å². The molecule has 0 aromatic heterocycles. The van der Waals surface area contributed by atoms with Gasteiger partial charge < -0.3 is 0 Å². The molecule has 1 aliphatic rings. The third-order valence-electron chi connectivity index (χ3n) is 3.40. The Morgan fingerprint density at radius 2 is 1.90 bits per heavy atom. The molecule has 1 fully saturated rings. The van der Waals surface area contributed by atoms with Gasteiger partial charge in [0, 0.05) is 0 Å². The molecule has 1 aliphatic carbocycles. The molecule has 0 N–H and O–H groups in total. The highest BCUT2D eigenvalue weighted by atomic mass is 14.3. The van der Waals surface area contributed by atoms with Crippen LogP contribution in [0.5, 0.6) is 0 Å². The van der Waals surface area contributed by atoms with Crippen LogP contribution in [-0.4, -0.2) is 0 Å². The van der Waals surface area contributed by atoms with Gasteiger partial charge in [-0.2, -0.15) is 0 Å². The van der Waals surface area contributed by atoms with Gasteiger partial charge in [0.25, 0.3) is 0 Å². The minimum atomic E-state index is 0.985. The quantitative estimate of drug-likeness (QED) is 0.523. The third kappa shape index (κ3) is 1.53. The van der Waals surface area contributed by atoms with Crippen molar-refractivity contribution in [3.63, 3.8) is 0 Å². The zero-order valence-corrected chi connectivity index (χ0v) is 7.56. The van der Waals surface area contributed by atoms with Crippen molar-refractivity contribution in [1.29, 1.82) is 0 Å². The Morgan fingerprint density at radius 1 is 1.20 bits per heavy atom. The lowest BCUT2D eigenvalue weighted by molar-refractivity contribution is 0.178. The fourth-order valence-electron chi connectivity index (χ4n) is 2.27. The van der Waals surface area contributed by atoms with Crippen LogP contribution in [0.4, 0.5) is 0 Å². The Kier molecular flexibility index (Phi) is 2.76. The Labute approximate surface area is 65.0 Å². The molecule has 0 aromatic rings. The normalized spacial score (nSPS) is 41.7. The SMILES string of the molecule is CC[C@@H]1CCC[C@@H](C)[C@@H]1C. The van der Waals surface area contributed by atoms with Crippen LogP contribution in [0.15, 0.2) is 0 Å². The molecule has 0 amide bonds. The summed E-state index contributed by atoms with van der Waals surface area (Å²) in [5, 5.41) is 0. The molecule has 0 aromatic carbocycles. The average molecular weight is 140 g/mol. The highest BCUT2D eigenvalue weighted by Gasteiger charge is 2.24.